The summed E-state index contributed by atoms with van der Waals surface area (Å²) in [5, 5.41) is 0.605. The maximum Gasteiger partial charge on any atom is 0.222 e. The van der Waals surface area contributed by atoms with Gasteiger partial charge in [0.2, 0.25) is 5.91 Å². The molecule has 1 aromatic carbocycles. The lowest BCUT2D eigenvalue weighted by Crippen LogP contribution is -2.38. The summed E-state index contributed by atoms with van der Waals surface area (Å²) in [4.78, 5) is 28.9. The monoisotopic (exact) mass is 560 g/mol. The minimum absolute atomic E-state index is 0.284. The van der Waals surface area contributed by atoms with E-state index in [1.54, 1.807) is 6.33 Å². The normalized spacial score (nSPS) is 16.1. The lowest BCUT2D eigenvalue weighted by Gasteiger charge is -2.32. The van der Waals surface area contributed by atoms with Gasteiger partial charge in [-0.3, -0.25) is 4.79 Å². The number of halogens is 1. The summed E-state index contributed by atoms with van der Waals surface area (Å²) >= 11 is 5.06. The van der Waals surface area contributed by atoms with Crippen LogP contribution in [0.25, 0.3) is 11.5 Å². The highest BCUT2D eigenvalue weighted by Crippen LogP contribution is 2.42. The number of hydrogen-bond donors (Lipinski definition) is 1. The lowest BCUT2D eigenvalue weighted by molar-refractivity contribution is -0.132. The molecule has 0 bridgehead atoms. The van der Waals surface area contributed by atoms with E-state index in [0.717, 1.165) is 72.0 Å². The average molecular weight is 562 g/mol. The molecule has 0 spiro atoms. The number of piperidine rings is 1. The molecule has 1 aromatic rings. The molecule has 0 atom stereocenters. The molecule has 1 saturated heterocycles. The number of amides is 1. The zero-order chi connectivity index (χ0) is 24.4. The number of benzene rings is 1. The molecule has 35 heavy (non-hydrogen) atoms. The Morgan fingerprint density at radius 2 is 1.94 bits per heavy atom. The molecule has 1 fully saturated rings. The SMILES string of the molecule is CCCC(=O)N1CCC(CCn2cnc(N)c3nc(Sc4cc5c(cc4Br)OCCO5)nc2-3)CC1. The van der Waals surface area contributed by atoms with Gasteiger partial charge in [-0.05, 0) is 71.4 Å². The number of nitrogen functional groups attached to an aromatic ring is 1. The molecule has 4 heterocycles. The number of hydrogen-bond acceptors (Lipinski definition) is 8. The Balaban J connectivity index is 1.27. The van der Waals surface area contributed by atoms with Crippen LogP contribution in [0.2, 0.25) is 0 Å². The molecule has 0 unspecified atom stereocenters. The summed E-state index contributed by atoms with van der Waals surface area (Å²) in [6.45, 7) is 5.62. The van der Waals surface area contributed by atoms with Crippen LogP contribution in [0.4, 0.5) is 5.82 Å². The molecule has 9 nitrogen and oxygen atoms in total. The average Bonchev–Trinajstić information content (AvgIpc) is 3.29. The molecular formula is C24H29BrN6O3S. The summed E-state index contributed by atoms with van der Waals surface area (Å²) in [5.74, 6) is 3.42. The van der Waals surface area contributed by atoms with Crippen molar-refractivity contribution in [3.63, 3.8) is 0 Å². The third-order valence-electron chi connectivity index (χ3n) is 6.48. The van der Waals surface area contributed by atoms with E-state index >= 15 is 0 Å². The zero-order valence-corrected chi connectivity index (χ0v) is 22.1. The van der Waals surface area contributed by atoms with Gasteiger partial charge < -0.3 is 24.7 Å². The second kappa shape index (κ2) is 10.6. The molecule has 4 aliphatic rings. The highest BCUT2D eigenvalue weighted by atomic mass is 79.9. The van der Waals surface area contributed by atoms with Crippen molar-refractivity contribution in [3.8, 4) is 23.0 Å². The predicted octanol–water partition coefficient (Wildman–Crippen LogP) is 4.47. The van der Waals surface area contributed by atoms with Gasteiger partial charge in [0.05, 0.1) is 6.33 Å². The molecule has 5 rings (SSSR count). The van der Waals surface area contributed by atoms with Gasteiger partial charge in [0.25, 0.3) is 0 Å². The van der Waals surface area contributed by atoms with E-state index in [4.69, 9.17) is 20.2 Å². The largest absolute Gasteiger partial charge is 0.486 e. The number of aromatic nitrogens is 4. The number of aryl methyl sites for hydroxylation is 1. The van der Waals surface area contributed by atoms with Crippen LogP contribution in [0.3, 0.4) is 0 Å². The number of anilines is 1. The van der Waals surface area contributed by atoms with Crippen LogP contribution < -0.4 is 15.2 Å². The highest BCUT2D eigenvalue weighted by molar-refractivity contribution is 9.10. The van der Waals surface area contributed by atoms with E-state index in [9.17, 15) is 4.79 Å². The van der Waals surface area contributed by atoms with E-state index in [-0.39, 0.29) is 5.91 Å². The van der Waals surface area contributed by atoms with Gasteiger partial charge in [-0.1, -0.05) is 6.92 Å². The van der Waals surface area contributed by atoms with E-state index < -0.39 is 0 Å². The van der Waals surface area contributed by atoms with Crippen LogP contribution in [0.1, 0.15) is 39.0 Å². The molecule has 0 radical (unpaired) electrons. The van der Waals surface area contributed by atoms with Crippen molar-refractivity contribution in [2.24, 2.45) is 5.92 Å². The van der Waals surface area contributed by atoms with Crippen LogP contribution in [0.5, 0.6) is 11.5 Å². The van der Waals surface area contributed by atoms with Gasteiger partial charge in [-0.25, -0.2) is 15.0 Å². The van der Waals surface area contributed by atoms with Crippen LogP contribution in [-0.2, 0) is 11.3 Å². The number of likely N-dealkylation sites (tertiary alicyclic amines) is 1. The van der Waals surface area contributed by atoms with Gasteiger partial charge in [0.1, 0.15) is 13.2 Å². The summed E-state index contributed by atoms with van der Waals surface area (Å²) < 4.78 is 14.3. The van der Waals surface area contributed by atoms with Crippen molar-refractivity contribution in [3.05, 3.63) is 22.9 Å². The molecule has 0 saturated carbocycles. The fourth-order valence-electron chi connectivity index (χ4n) is 4.53. The van der Waals surface area contributed by atoms with Gasteiger partial charge in [0, 0.05) is 35.4 Å². The Morgan fingerprint density at radius 3 is 2.69 bits per heavy atom. The predicted molar refractivity (Wildman–Crippen MR) is 137 cm³/mol. The number of carbonyl (C=O) groups excluding carboxylic acids is 1. The van der Waals surface area contributed by atoms with Crippen LogP contribution >= 0.6 is 27.7 Å². The summed E-state index contributed by atoms with van der Waals surface area (Å²) in [7, 11) is 0. The minimum Gasteiger partial charge on any atom is -0.486 e. The second-order valence-electron chi connectivity index (χ2n) is 8.89. The Bertz CT molecular complexity index is 1180. The maximum atomic E-state index is 12.2. The van der Waals surface area contributed by atoms with Gasteiger partial charge in [0.15, 0.2) is 34.0 Å². The first kappa shape index (κ1) is 24.2. The van der Waals surface area contributed by atoms with Gasteiger partial charge >= 0.3 is 0 Å². The van der Waals surface area contributed by atoms with Crippen molar-refractivity contribution >= 4 is 39.4 Å². The second-order valence-corrected chi connectivity index (χ2v) is 10.8. The van der Waals surface area contributed by atoms with Gasteiger partial charge in [-0.15, -0.1) is 0 Å². The highest BCUT2D eigenvalue weighted by Gasteiger charge is 2.24. The van der Waals surface area contributed by atoms with Crippen LogP contribution in [-0.4, -0.2) is 56.6 Å². The molecule has 1 amide bonds. The third-order valence-corrected chi connectivity index (χ3v) is 8.32. The number of carbonyl (C=O) groups is 1. The maximum absolute atomic E-state index is 12.2. The molecule has 0 aromatic heterocycles. The summed E-state index contributed by atoms with van der Waals surface area (Å²) in [5.41, 5.74) is 6.76. The lowest BCUT2D eigenvalue weighted by atomic mass is 9.93. The van der Waals surface area contributed by atoms with Crippen LogP contribution in [0, 0.1) is 5.92 Å². The Morgan fingerprint density at radius 1 is 1.20 bits per heavy atom. The Labute approximate surface area is 217 Å². The van der Waals surface area contributed by atoms with E-state index in [1.165, 1.54) is 11.8 Å². The minimum atomic E-state index is 0.284. The summed E-state index contributed by atoms with van der Waals surface area (Å²) in [6.07, 6.45) is 6.38. The number of ether oxygens (including phenoxy) is 2. The fraction of sp³-hybridized carbons (Fsp3) is 0.500. The smallest absolute Gasteiger partial charge is 0.222 e. The van der Waals surface area contributed by atoms with E-state index in [2.05, 4.69) is 32.8 Å². The zero-order valence-electron chi connectivity index (χ0n) is 19.7. The molecule has 4 aliphatic heterocycles. The molecule has 186 valence electrons. The number of nitrogens with two attached hydrogens (primary N) is 1. The molecular weight excluding hydrogens is 532 g/mol. The first-order valence-electron chi connectivity index (χ1n) is 12.0. The van der Waals surface area contributed by atoms with Gasteiger partial charge in [-0.2, -0.15) is 0 Å². The van der Waals surface area contributed by atoms with Crippen molar-refractivity contribution in [1.82, 2.24) is 24.4 Å². The quantitative estimate of drug-likeness (QED) is 0.450. The van der Waals surface area contributed by atoms with Crippen molar-refractivity contribution in [1.29, 1.82) is 0 Å². The standard InChI is InChI=1S/C24H29BrN6O3S/c1-2-3-20(32)30-7-4-15(5-8-30)6-9-31-14-27-22(26)21-23(31)29-24(28-21)35-19-13-18-17(12-16(19)25)33-10-11-34-18/h12-15H,2-11,26H2,1H3. The fourth-order valence-corrected chi connectivity index (χ4v) is 5.88. The van der Waals surface area contributed by atoms with Crippen molar-refractivity contribution in [2.45, 2.75) is 55.6 Å². The first-order chi connectivity index (χ1) is 17.0. The number of rotatable bonds is 7. The van der Waals surface area contributed by atoms with Crippen molar-refractivity contribution in [2.75, 3.05) is 32.0 Å². The van der Waals surface area contributed by atoms with E-state index in [0.29, 0.717) is 42.2 Å². The Kier molecular flexibility index (Phi) is 7.33. The number of fused-ring (bicyclic) bond motifs is 2. The molecule has 0 aliphatic carbocycles. The van der Waals surface area contributed by atoms with Crippen molar-refractivity contribution < 1.29 is 14.3 Å². The third kappa shape index (κ3) is 5.35. The molecule has 11 heteroatoms. The van der Waals surface area contributed by atoms with E-state index in [1.807, 2.05) is 21.6 Å². The molecule has 2 N–H and O–H groups in total. The number of imidazole rings is 1. The first-order valence-corrected chi connectivity index (χ1v) is 13.7. The number of nitrogens with zero attached hydrogens (tertiary/aromatic N) is 5. The Hall–Kier alpha value is -2.53. The van der Waals surface area contributed by atoms with Crippen LogP contribution in [0.15, 0.2) is 33.0 Å². The topological polar surface area (TPSA) is 108 Å². The summed E-state index contributed by atoms with van der Waals surface area (Å²) in [6, 6.07) is 3.86.